The number of hydrogen-bond acceptors (Lipinski definition) is 2. The molecule has 0 bridgehead atoms. The van der Waals surface area contributed by atoms with Gasteiger partial charge in [0.25, 0.3) is 5.91 Å². The molecule has 0 unspecified atom stereocenters. The fourth-order valence-corrected chi connectivity index (χ4v) is 3.06. The quantitative estimate of drug-likeness (QED) is 0.741. The molecule has 0 aliphatic heterocycles. The first-order chi connectivity index (χ1) is 11.5. The summed E-state index contributed by atoms with van der Waals surface area (Å²) in [5.74, 6) is 0.0223. The number of carbonyl (C=O) groups is 1. The second-order valence-electron chi connectivity index (χ2n) is 6.14. The summed E-state index contributed by atoms with van der Waals surface area (Å²) in [6.07, 6.45) is 3.72. The fourth-order valence-electron chi connectivity index (χ4n) is 3.06. The molecule has 2 aromatic heterocycles. The van der Waals surface area contributed by atoms with Crippen LogP contribution in [-0.4, -0.2) is 32.2 Å². The summed E-state index contributed by atoms with van der Waals surface area (Å²) in [6.45, 7) is 4.56. The molecule has 0 N–H and O–H groups in total. The van der Waals surface area contributed by atoms with Gasteiger partial charge in [-0.05, 0) is 32.0 Å². The predicted molar refractivity (Wildman–Crippen MR) is 94.2 cm³/mol. The lowest BCUT2D eigenvalue weighted by atomic mass is 10.2. The number of hydrogen-bond donors (Lipinski definition) is 0. The first-order valence-corrected chi connectivity index (χ1v) is 7.94. The van der Waals surface area contributed by atoms with Crippen molar-refractivity contribution in [3.05, 3.63) is 71.3 Å². The number of benzene rings is 1. The summed E-state index contributed by atoms with van der Waals surface area (Å²) < 4.78 is 3.86. The Balaban J connectivity index is 1.88. The van der Waals surface area contributed by atoms with Crippen molar-refractivity contribution in [3.63, 3.8) is 0 Å². The second kappa shape index (κ2) is 6.35. The van der Waals surface area contributed by atoms with Gasteiger partial charge in [-0.15, -0.1) is 0 Å². The summed E-state index contributed by atoms with van der Waals surface area (Å²) in [5.41, 5.74) is 4.84. The van der Waals surface area contributed by atoms with Crippen LogP contribution in [0.4, 0.5) is 0 Å². The zero-order valence-electron chi connectivity index (χ0n) is 14.5. The van der Waals surface area contributed by atoms with Crippen molar-refractivity contribution in [2.75, 3.05) is 7.05 Å². The van der Waals surface area contributed by atoms with Crippen LogP contribution < -0.4 is 0 Å². The van der Waals surface area contributed by atoms with Gasteiger partial charge < -0.3 is 9.47 Å². The van der Waals surface area contributed by atoms with E-state index in [9.17, 15) is 4.79 Å². The minimum atomic E-state index is 0.0223. The highest BCUT2D eigenvalue weighted by atomic mass is 16.2. The number of aromatic nitrogens is 3. The molecule has 3 aromatic rings. The van der Waals surface area contributed by atoms with E-state index < -0.39 is 0 Å². The molecule has 0 radical (unpaired) electrons. The Hall–Kier alpha value is -2.82. The van der Waals surface area contributed by atoms with Crippen LogP contribution in [0.3, 0.4) is 0 Å². The molecular formula is C19H22N4O. The maximum absolute atomic E-state index is 12.9. The van der Waals surface area contributed by atoms with Crippen LogP contribution in [0.5, 0.6) is 0 Å². The standard InChI is InChI=1S/C19H22N4O/c1-14-10-18(15(2)23(14)17-8-6-5-7-9-17)19(24)21(3)12-16-11-20-22(4)13-16/h5-11,13H,12H2,1-4H3. The van der Waals surface area contributed by atoms with Crippen LogP contribution in [0.15, 0.2) is 48.8 Å². The number of aryl methyl sites for hydroxylation is 2. The van der Waals surface area contributed by atoms with Gasteiger partial charge in [-0.25, -0.2) is 0 Å². The van der Waals surface area contributed by atoms with E-state index in [0.29, 0.717) is 6.54 Å². The van der Waals surface area contributed by atoms with Gasteiger partial charge in [-0.1, -0.05) is 18.2 Å². The topological polar surface area (TPSA) is 43.1 Å². The summed E-state index contributed by atoms with van der Waals surface area (Å²) in [6, 6.07) is 12.1. The minimum Gasteiger partial charge on any atom is -0.337 e. The zero-order valence-corrected chi connectivity index (χ0v) is 14.5. The molecule has 2 heterocycles. The smallest absolute Gasteiger partial charge is 0.255 e. The summed E-state index contributed by atoms with van der Waals surface area (Å²) in [7, 11) is 3.70. The van der Waals surface area contributed by atoms with Crippen LogP contribution in [0.25, 0.3) is 5.69 Å². The van der Waals surface area contributed by atoms with Crippen LogP contribution >= 0.6 is 0 Å². The van der Waals surface area contributed by atoms with Gasteiger partial charge in [0.2, 0.25) is 0 Å². The monoisotopic (exact) mass is 322 g/mol. The lowest BCUT2D eigenvalue weighted by Crippen LogP contribution is -2.26. The maximum atomic E-state index is 12.9. The van der Waals surface area contributed by atoms with E-state index >= 15 is 0 Å². The summed E-state index contributed by atoms with van der Waals surface area (Å²) in [4.78, 5) is 14.6. The van der Waals surface area contributed by atoms with Crippen molar-refractivity contribution in [2.45, 2.75) is 20.4 Å². The van der Waals surface area contributed by atoms with E-state index in [1.54, 1.807) is 15.8 Å². The number of para-hydroxylation sites is 1. The first-order valence-electron chi connectivity index (χ1n) is 7.94. The van der Waals surface area contributed by atoms with Gasteiger partial charge in [0.15, 0.2) is 0 Å². The van der Waals surface area contributed by atoms with Crippen molar-refractivity contribution >= 4 is 5.91 Å². The van der Waals surface area contributed by atoms with Crippen LogP contribution in [-0.2, 0) is 13.6 Å². The highest BCUT2D eigenvalue weighted by Crippen LogP contribution is 2.22. The number of amides is 1. The number of rotatable bonds is 4. The Bertz CT molecular complexity index is 861. The molecule has 5 heteroatoms. The van der Waals surface area contributed by atoms with Crippen molar-refractivity contribution in [1.29, 1.82) is 0 Å². The Morgan fingerprint density at radius 2 is 1.92 bits per heavy atom. The van der Waals surface area contributed by atoms with E-state index in [1.165, 1.54) is 0 Å². The molecule has 0 spiro atoms. The van der Waals surface area contributed by atoms with Crippen LogP contribution in [0.2, 0.25) is 0 Å². The van der Waals surface area contributed by atoms with Gasteiger partial charge in [-0.3, -0.25) is 9.48 Å². The molecule has 0 aliphatic carbocycles. The molecule has 0 saturated heterocycles. The third-order valence-electron chi connectivity index (χ3n) is 4.20. The molecule has 0 aliphatic rings. The molecule has 1 aromatic carbocycles. The lowest BCUT2D eigenvalue weighted by Gasteiger charge is -2.16. The van der Waals surface area contributed by atoms with Gasteiger partial charge in [0.05, 0.1) is 11.8 Å². The van der Waals surface area contributed by atoms with Crippen molar-refractivity contribution < 1.29 is 4.79 Å². The molecule has 0 fully saturated rings. The molecule has 124 valence electrons. The van der Waals surface area contributed by atoms with E-state index in [-0.39, 0.29) is 5.91 Å². The van der Waals surface area contributed by atoms with Crippen molar-refractivity contribution in [3.8, 4) is 5.69 Å². The van der Waals surface area contributed by atoms with Gasteiger partial charge in [0, 0.05) is 49.5 Å². The SMILES string of the molecule is Cc1cc(C(=O)N(C)Cc2cnn(C)c2)c(C)n1-c1ccccc1. The highest BCUT2D eigenvalue weighted by molar-refractivity contribution is 5.95. The molecular weight excluding hydrogens is 300 g/mol. The maximum Gasteiger partial charge on any atom is 0.255 e. The predicted octanol–water partition coefficient (Wildman–Crippen LogP) is 3.10. The van der Waals surface area contributed by atoms with Crippen LogP contribution in [0, 0.1) is 13.8 Å². The second-order valence-corrected chi connectivity index (χ2v) is 6.14. The van der Waals surface area contributed by atoms with Gasteiger partial charge in [0.1, 0.15) is 0 Å². The molecule has 24 heavy (non-hydrogen) atoms. The number of nitrogens with zero attached hydrogens (tertiary/aromatic N) is 4. The normalized spacial score (nSPS) is 10.8. The average molecular weight is 322 g/mol. The van der Waals surface area contributed by atoms with Crippen molar-refractivity contribution in [1.82, 2.24) is 19.2 Å². The van der Waals surface area contributed by atoms with Gasteiger partial charge >= 0.3 is 0 Å². The largest absolute Gasteiger partial charge is 0.337 e. The molecule has 1 amide bonds. The van der Waals surface area contributed by atoms with E-state index in [1.807, 2.05) is 70.5 Å². The van der Waals surface area contributed by atoms with E-state index in [4.69, 9.17) is 0 Å². The van der Waals surface area contributed by atoms with Crippen LogP contribution in [0.1, 0.15) is 27.3 Å². The zero-order chi connectivity index (χ0) is 17.3. The van der Waals surface area contributed by atoms with E-state index in [0.717, 1.165) is 28.2 Å². The third kappa shape index (κ3) is 2.97. The summed E-state index contributed by atoms with van der Waals surface area (Å²) >= 11 is 0. The Morgan fingerprint density at radius 1 is 1.21 bits per heavy atom. The molecule has 3 rings (SSSR count). The lowest BCUT2D eigenvalue weighted by molar-refractivity contribution is 0.0784. The van der Waals surface area contributed by atoms with Crippen molar-refractivity contribution in [2.24, 2.45) is 7.05 Å². The van der Waals surface area contributed by atoms with Gasteiger partial charge in [-0.2, -0.15) is 5.10 Å². The number of carbonyl (C=O) groups excluding carboxylic acids is 1. The highest BCUT2D eigenvalue weighted by Gasteiger charge is 2.20. The Labute approximate surface area is 142 Å². The Morgan fingerprint density at radius 3 is 2.54 bits per heavy atom. The minimum absolute atomic E-state index is 0.0223. The third-order valence-corrected chi connectivity index (χ3v) is 4.20. The van der Waals surface area contributed by atoms with E-state index in [2.05, 4.69) is 9.67 Å². The summed E-state index contributed by atoms with van der Waals surface area (Å²) in [5, 5.41) is 4.15. The molecule has 0 atom stereocenters. The molecule has 5 nitrogen and oxygen atoms in total. The molecule has 0 saturated carbocycles. The fraction of sp³-hybridized carbons (Fsp3) is 0.263. The average Bonchev–Trinajstić information content (AvgIpc) is 3.10. The first kappa shape index (κ1) is 16.1. The Kier molecular flexibility index (Phi) is 4.25.